The van der Waals surface area contributed by atoms with Crippen LogP contribution in [0.15, 0.2) is 6.07 Å². The summed E-state index contributed by atoms with van der Waals surface area (Å²) in [5.74, 6) is -1.21. The van der Waals surface area contributed by atoms with Crippen LogP contribution in [0.25, 0.3) is 0 Å². The normalized spacial score (nSPS) is 18.8. The smallest absolute Gasteiger partial charge is 0.338 e. The van der Waals surface area contributed by atoms with Crippen LogP contribution in [0.5, 0.6) is 0 Å². The number of carboxylic acids is 1. The molecule has 18 heavy (non-hydrogen) atoms. The van der Waals surface area contributed by atoms with Crippen LogP contribution >= 0.6 is 11.3 Å². The first-order chi connectivity index (χ1) is 8.56. The molecule has 0 saturated carbocycles. The molecule has 0 aliphatic carbocycles. The molecule has 0 radical (unpaired) electrons. The van der Waals surface area contributed by atoms with Crippen molar-refractivity contribution in [2.75, 3.05) is 11.9 Å². The highest BCUT2D eigenvalue weighted by Crippen LogP contribution is 2.28. The third kappa shape index (κ3) is 3.08. The quantitative estimate of drug-likeness (QED) is 0.879. The molecule has 1 fully saturated rings. The molecule has 0 bridgehead atoms. The van der Waals surface area contributed by atoms with Crippen LogP contribution in [-0.4, -0.2) is 29.7 Å². The molecule has 2 N–H and O–H groups in total. The molecule has 1 aliphatic rings. The Morgan fingerprint density at radius 2 is 2.39 bits per heavy atom. The van der Waals surface area contributed by atoms with Crippen LogP contribution < -0.4 is 5.32 Å². The van der Waals surface area contributed by atoms with Crippen LogP contribution in [-0.2, 0) is 9.53 Å². The van der Waals surface area contributed by atoms with Gasteiger partial charge < -0.3 is 15.2 Å². The van der Waals surface area contributed by atoms with Crippen molar-refractivity contribution >= 4 is 28.2 Å². The molecule has 1 atom stereocenters. The van der Waals surface area contributed by atoms with Crippen molar-refractivity contribution < 1.29 is 19.4 Å². The van der Waals surface area contributed by atoms with E-state index >= 15 is 0 Å². The molecule has 1 aromatic rings. The van der Waals surface area contributed by atoms with E-state index in [1.54, 1.807) is 6.07 Å². The predicted octanol–water partition coefficient (Wildman–Crippen LogP) is 2.26. The van der Waals surface area contributed by atoms with Gasteiger partial charge in [0, 0.05) is 11.5 Å². The second-order valence-electron chi connectivity index (χ2n) is 4.29. The molecule has 5 nitrogen and oxygen atoms in total. The number of amides is 1. The second-order valence-corrected chi connectivity index (χ2v) is 5.55. The van der Waals surface area contributed by atoms with Crippen LogP contribution in [0, 0.1) is 6.92 Å². The zero-order valence-electron chi connectivity index (χ0n) is 10.1. The minimum Gasteiger partial charge on any atom is -0.478 e. The maximum absolute atomic E-state index is 11.8. The van der Waals surface area contributed by atoms with E-state index in [9.17, 15) is 9.59 Å². The van der Waals surface area contributed by atoms with Gasteiger partial charge in [-0.3, -0.25) is 4.79 Å². The van der Waals surface area contributed by atoms with Gasteiger partial charge in [-0.15, -0.1) is 11.3 Å². The van der Waals surface area contributed by atoms with E-state index in [-0.39, 0.29) is 24.0 Å². The van der Waals surface area contributed by atoms with E-state index in [1.165, 1.54) is 11.3 Å². The average Bonchev–Trinajstić information content (AvgIpc) is 2.88. The van der Waals surface area contributed by atoms with Gasteiger partial charge in [0.15, 0.2) is 0 Å². The van der Waals surface area contributed by atoms with Gasteiger partial charge in [-0.25, -0.2) is 4.79 Å². The van der Waals surface area contributed by atoms with Crippen molar-refractivity contribution in [1.82, 2.24) is 0 Å². The van der Waals surface area contributed by atoms with E-state index in [1.807, 2.05) is 6.92 Å². The first kappa shape index (κ1) is 13.0. The molecular formula is C12H15NO4S. The van der Waals surface area contributed by atoms with E-state index < -0.39 is 5.97 Å². The summed E-state index contributed by atoms with van der Waals surface area (Å²) >= 11 is 1.28. The average molecular weight is 269 g/mol. The van der Waals surface area contributed by atoms with Gasteiger partial charge in [-0.2, -0.15) is 0 Å². The summed E-state index contributed by atoms with van der Waals surface area (Å²) in [6.07, 6.45) is 2.13. The fourth-order valence-electron chi connectivity index (χ4n) is 1.96. The fourth-order valence-corrected chi connectivity index (χ4v) is 2.88. The molecule has 1 aromatic heterocycles. The van der Waals surface area contributed by atoms with Crippen molar-refractivity contribution in [3.63, 3.8) is 0 Å². The Kier molecular flexibility index (Phi) is 3.98. The zero-order valence-corrected chi connectivity index (χ0v) is 10.9. The summed E-state index contributed by atoms with van der Waals surface area (Å²) in [5, 5.41) is 12.1. The van der Waals surface area contributed by atoms with Gasteiger partial charge in [-0.1, -0.05) is 0 Å². The summed E-state index contributed by atoms with van der Waals surface area (Å²) in [6.45, 7) is 2.52. The molecule has 98 valence electrons. The lowest BCUT2D eigenvalue weighted by Gasteiger charge is -2.09. The second kappa shape index (κ2) is 5.49. The highest BCUT2D eigenvalue weighted by Gasteiger charge is 2.21. The summed E-state index contributed by atoms with van der Waals surface area (Å²) in [6, 6.07) is 1.56. The number of anilines is 1. The van der Waals surface area contributed by atoms with Crippen molar-refractivity contribution in [3.8, 4) is 0 Å². The monoisotopic (exact) mass is 269 g/mol. The molecular weight excluding hydrogens is 254 g/mol. The van der Waals surface area contributed by atoms with Crippen molar-refractivity contribution in [2.24, 2.45) is 0 Å². The molecule has 1 saturated heterocycles. The van der Waals surface area contributed by atoms with Crippen LogP contribution in [0.2, 0.25) is 0 Å². The first-order valence-corrected chi connectivity index (χ1v) is 6.63. The molecule has 1 aliphatic heterocycles. The van der Waals surface area contributed by atoms with E-state index in [0.29, 0.717) is 11.6 Å². The third-order valence-corrected chi connectivity index (χ3v) is 3.74. The van der Waals surface area contributed by atoms with Crippen molar-refractivity contribution in [3.05, 3.63) is 16.5 Å². The van der Waals surface area contributed by atoms with Gasteiger partial charge in [0.2, 0.25) is 5.91 Å². The highest BCUT2D eigenvalue weighted by molar-refractivity contribution is 7.16. The molecule has 2 heterocycles. The standard InChI is InChI=1S/C12H15NO4S/c1-7-5-9(12(15)16)11(18-7)13-10(14)6-8-3-2-4-17-8/h5,8H,2-4,6H2,1H3,(H,13,14)(H,15,16). The van der Waals surface area contributed by atoms with Crippen LogP contribution in [0.3, 0.4) is 0 Å². The number of aromatic carboxylic acids is 1. The fraction of sp³-hybridized carbons (Fsp3) is 0.500. The number of hydrogen-bond donors (Lipinski definition) is 2. The zero-order chi connectivity index (χ0) is 13.1. The van der Waals surface area contributed by atoms with Gasteiger partial charge in [0.25, 0.3) is 0 Å². The lowest BCUT2D eigenvalue weighted by Crippen LogP contribution is -2.19. The molecule has 1 unspecified atom stereocenters. The molecule has 0 aromatic carbocycles. The summed E-state index contributed by atoms with van der Waals surface area (Å²) in [4.78, 5) is 23.6. The maximum atomic E-state index is 11.8. The molecule has 1 amide bonds. The summed E-state index contributed by atoms with van der Waals surface area (Å²) in [7, 11) is 0. The number of rotatable bonds is 4. The Labute approximate surface area is 109 Å². The Balaban J connectivity index is 1.99. The molecule has 0 spiro atoms. The van der Waals surface area contributed by atoms with Gasteiger partial charge >= 0.3 is 5.97 Å². The van der Waals surface area contributed by atoms with E-state index in [0.717, 1.165) is 17.7 Å². The summed E-state index contributed by atoms with van der Waals surface area (Å²) in [5.41, 5.74) is 0.151. The Bertz CT molecular complexity index is 463. The van der Waals surface area contributed by atoms with E-state index in [4.69, 9.17) is 9.84 Å². The third-order valence-electron chi connectivity index (χ3n) is 2.78. The minimum absolute atomic E-state index is 0.0284. The lowest BCUT2D eigenvalue weighted by molar-refractivity contribution is -0.118. The number of aryl methyl sites for hydroxylation is 1. The highest BCUT2D eigenvalue weighted by atomic mass is 32.1. The Morgan fingerprint density at radius 3 is 3.00 bits per heavy atom. The first-order valence-electron chi connectivity index (χ1n) is 5.81. The van der Waals surface area contributed by atoms with E-state index in [2.05, 4.69) is 5.32 Å². The van der Waals surface area contributed by atoms with Crippen molar-refractivity contribution in [2.45, 2.75) is 32.3 Å². The Morgan fingerprint density at radius 1 is 1.61 bits per heavy atom. The minimum atomic E-state index is -1.02. The van der Waals surface area contributed by atoms with Crippen LogP contribution in [0.1, 0.15) is 34.5 Å². The number of carbonyl (C=O) groups excluding carboxylic acids is 1. The maximum Gasteiger partial charge on any atom is 0.338 e. The van der Waals surface area contributed by atoms with Crippen LogP contribution in [0.4, 0.5) is 5.00 Å². The molecule has 6 heteroatoms. The Hall–Kier alpha value is -1.40. The number of hydrogen-bond acceptors (Lipinski definition) is 4. The predicted molar refractivity (Wildman–Crippen MR) is 68.2 cm³/mol. The number of carbonyl (C=O) groups is 2. The number of nitrogens with one attached hydrogen (secondary N) is 1. The summed E-state index contributed by atoms with van der Waals surface area (Å²) < 4.78 is 5.37. The number of carboxylic acid groups (broad SMARTS) is 1. The largest absolute Gasteiger partial charge is 0.478 e. The van der Waals surface area contributed by atoms with Gasteiger partial charge in [0.05, 0.1) is 18.1 Å². The van der Waals surface area contributed by atoms with Gasteiger partial charge in [-0.05, 0) is 25.8 Å². The SMILES string of the molecule is Cc1cc(C(=O)O)c(NC(=O)CC2CCCO2)s1. The number of ether oxygens (including phenoxy) is 1. The number of thiophene rings is 1. The molecule has 2 rings (SSSR count). The topological polar surface area (TPSA) is 75.6 Å². The van der Waals surface area contributed by atoms with Crippen molar-refractivity contribution in [1.29, 1.82) is 0 Å². The lowest BCUT2D eigenvalue weighted by atomic mass is 10.2. The van der Waals surface area contributed by atoms with Gasteiger partial charge in [0.1, 0.15) is 5.00 Å².